The van der Waals surface area contributed by atoms with Gasteiger partial charge in [0.05, 0.1) is 0 Å². The topological polar surface area (TPSA) is 0 Å². The van der Waals surface area contributed by atoms with E-state index in [2.05, 4.69) is 55.4 Å². The first kappa shape index (κ1) is 23.7. The second kappa shape index (κ2) is 7.50. The standard InChI is InChI=1S/C32H56/c1-9-11-22(2)23-14-19-29(5)24(23)15-20-31(7)26(29)12-13-27-30(6)18-10-17-28(3,4)25(30)16-21-32(27,31)8/h22-27H,9-21H2,1-8H3/t22-,23-,24+,25-,26+,27+,29-,30-,31+,32+/m0/s1. The molecule has 5 saturated carbocycles. The Morgan fingerprint density at radius 2 is 1.28 bits per heavy atom. The smallest absolute Gasteiger partial charge is 0.0235 e. The molecule has 5 fully saturated rings. The van der Waals surface area contributed by atoms with Crippen molar-refractivity contribution in [3.8, 4) is 0 Å². The fourth-order valence-corrected chi connectivity index (χ4v) is 12.7. The van der Waals surface area contributed by atoms with Crippen LogP contribution in [0.5, 0.6) is 0 Å². The van der Waals surface area contributed by atoms with Crippen LogP contribution in [0.15, 0.2) is 0 Å². The van der Waals surface area contributed by atoms with Crippen LogP contribution in [0.2, 0.25) is 0 Å². The maximum atomic E-state index is 2.83. The molecule has 0 radical (unpaired) electrons. The van der Waals surface area contributed by atoms with E-state index in [1.54, 1.807) is 6.42 Å². The first-order valence-corrected chi connectivity index (χ1v) is 14.9. The van der Waals surface area contributed by atoms with Crippen LogP contribution in [0, 0.1) is 62.6 Å². The molecular formula is C32H56. The number of hydrogen-bond donors (Lipinski definition) is 0. The highest BCUT2D eigenvalue weighted by Crippen LogP contribution is 2.78. The molecule has 0 aromatic carbocycles. The van der Waals surface area contributed by atoms with Gasteiger partial charge in [0.1, 0.15) is 0 Å². The maximum Gasteiger partial charge on any atom is -0.0235 e. The third-order valence-corrected chi connectivity index (χ3v) is 14.2. The molecule has 5 aliphatic rings. The van der Waals surface area contributed by atoms with Gasteiger partial charge >= 0.3 is 0 Å². The van der Waals surface area contributed by atoms with Gasteiger partial charge in [-0.2, -0.15) is 0 Å². The van der Waals surface area contributed by atoms with Crippen molar-refractivity contribution >= 4 is 0 Å². The van der Waals surface area contributed by atoms with E-state index in [0.717, 1.165) is 35.5 Å². The number of hydrogen-bond acceptors (Lipinski definition) is 0. The van der Waals surface area contributed by atoms with E-state index in [4.69, 9.17) is 0 Å². The van der Waals surface area contributed by atoms with Gasteiger partial charge in [-0.3, -0.25) is 0 Å². The van der Waals surface area contributed by atoms with Crippen LogP contribution >= 0.6 is 0 Å². The Bertz CT molecular complexity index is 720. The van der Waals surface area contributed by atoms with Gasteiger partial charge in [0.15, 0.2) is 0 Å². The quantitative estimate of drug-likeness (QED) is 0.409. The van der Waals surface area contributed by atoms with Crippen LogP contribution < -0.4 is 0 Å². The van der Waals surface area contributed by atoms with E-state index in [-0.39, 0.29) is 0 Å². The molecule has 0 saturated heterocycles. The molecule has 0 bridgehead atoms. The van der Waals surface area contributed by atoms with Crippen molar-refractivity contribution in [3.05, 3.63) is 0 Å². The van der Waals surface area contributed by atoms with Gasteiger partial charge in [0.25, 0.3) is 0 Å². The molecule has 0 amide bonds. The third kappa shape index (κ3) is 2.92. The average molecular weight is 441 g/mol. The van der Waals surface area contributed by atoms with Gasteiger partial charge in [-0.1, -0.05) is 74.7 Å². The van der Waals surface area contributed by atoms with Gasteiger partial charge < -0.3 is 0 Å². The summed E-state index contributed by atoms with van der Waals surface area (Å²) in [7, 11) is 0. The van der Waals surface area contributed by atoms with Crippen molar-refractivity contribution in [2.24, 2.45) is 62.6 Å². The summed E-state index contributed by atoms with van der Waals surface area (Å²) in [6, 6.07) is 0. The lowest BCUT2D eigenvalue weighted by Crippen LogP contribution is -2.65. The molecule has 0 aliphatic heterocycles. The Morgan fingerprint density at radius 1 is 0.656 bits per heavy atom. The highest BCUT2D eigenvalue weighted by Gasteiger charge is 2.70. The van der Waals surface area contributed by atoms with Crippen LogP contribution in [0.3, 0.4) is 0 Å². The summed E-state index contributed by atoms with van der Waals surface area (Å²) in [5, 5.41) is 0. The summed E-state index contributed by atoms with van der Waals surface area (Å²) in [6.45, 7) is 21.4. The summed E-state index contributed by atoms with van der Waals surface area (Å²) >= 11 is 0. The summed E-state index contributed by atoms with van der Waals surface area (Å²) in [5.41, 5.74) is 2.91. The van der Waals surface area contributed by atoms with Crippen LogP contribution in [0.1, 0.15) is 139 Å². The van der Waals surface area contributed by atoms with E-state index < -0.39 is 0 Å². The Morgan fingerprint density at radius 3 is 1.94 bits per heavy atom. The molecule has 0 heterocycles. The van der Waals surface area contributed by atoms with Gasteiger partial charge in [0.2, 0.25) is 0 Å². The third-order valence-electron chi connectivity index (χ3n) is 14.2. The Labute approximate surface area is 201 Å². The maximum absolute atomic E-state index is 2.83. The molecular weight excluding hydrogens is 384 g/mol. The number of fused-ring (bicyclic) bond motifs is 7. The minimum atomic E-state index is 0.559. The molecule has 0 aromatic rings. The van der Waals surface area contributed by atoms with E-state index in [1.165, 1.54) is 77.0 Å². The lowest BCUT2D eigenvalue weighted by molar-refractivity contribution is -0.241. The van der Waals surface area contributed by atoms with Crippen molar-refractivity contribution in [2.75, 3.05) is 0 Å². The molecule has 32 heavy (non-hydrogen) atoms. The Kier molecular flexibility index (Phi) is 5.56. The molecule has 0 unspecified atom stereocenters. The molecule has 10 atom stereocenters. The monoisotopic (exact) mass is 440 g/mol. The number of rotatable bonds is 3. The fraction of sp³-hybridized carbons (Fsp3) is 1.00. The lowest BCUT2D eigenvalue weighted by Gasteiger charge is -2.73. The zero-order valence-corrected chi connectivity index (χ0v) is 23.2. The molecule has 0 N–H and O–H groups in total. The van der Waals surface area contributed by atoms with Crippen molar-refractivity contribution in [1.29, 1.82) is 0 Å². The minimum Gasteiger partial charge on any atom is -0.0654 e. The molecule has 0 heteroatoms. The summed E-state index contributed by atoms with van der Waals surface area (Å²) in [6.07, 6.45) is 19.5. The summed E-state index contributed by atoms with van der Waals surface area (Å²) < 4.78 is 0. The normalized spacial score (nSPS) is 55.3. The first-order valence-electron chi connectivity index (χ1n) is 14.9. The minimum absolute atomic E-state index is 0.559. The van der Waals surface area contributed by atoms with E-state index in [1.807, 2.05) is 0 Å². The predicted octanol–water partition coefficient (Wildman–Crippen LogP) is 9.91. The molecule has 0 spiro atoms. The zero-order valence-electron chi connectivity index (χ0n) is 23.2. The zero-order chi connectivity index (χ0) is 23.2. The first-order chi connectivity index (χ1) is 14.9. The van der Waals surface area contributed by atoms with Gasteiger partial charge in [-0.25, -0.2) is 0 Å². The van der Waals surface area contributed by atoms with Crippen LogP contribution in [-0.2, 0) is 0 Å². The van der Waals surface area contributed by atoms with Crippen LogP contribution in [-0.4, -0.2) is 0 Å². The second-order valence-electron chi connectivity index (χ2n) is 15.6. The van der Waals surface area contributed by atoms with Gasteiger partial charge in [0, 0.05) is 0 Å². The van der Waals surface area contributed by atoms with Crippen LogP contribution in [0.25, 0.3) is 0 Å². The highest BCUT2D eigenvalue weighted by molar-refractivity contribution is 5.19. The van der Waals surface area contributed by atoms with Crippen molar-refractivity contribution < 1.29 is 0 Å². The van der Waals surface area contributed by atoms with Gasteiger partial charge in [-0.05, 0) is 127 Å². The van der Waals surface area contributed by atoms with E-state index >= 15 is 0 Å². The van der Waals surface area contributed by atoms with Crippen LogP contribution in [0.4, 0.5) is 0 Å². The lowest BCUT2D eigenvalue weighted by atomic mass is 9.32. The van der Waals surface area contributed by atoms with Crippen molar-refractivity contribution in [1.82, 2.24) is 0 Å². The van der Waals surface area contributed by atoms with Crippen molar-refractivity contribution in [3.63, 3.8) is 0 Å². The average Bonchev–Trinajstić information content (AvgIpc) is 3.05. The summed E-state index contributed by atoms with van der Waals surface area (Å²) in [5.74, 6) is 5.88. The molecule has 0 nitrogen and oxygen atoms in total. The fourth-order valence-electron chi connectivity index (χ4n) is 12.7. The molecule has 5 rings (SSSR count). The summed E-state index contributed by atoms with van der Waals surface area (Å²) in [4.78, 5) is 0. The Hall–Kier alpha value is 0. The largest absolute Gasteiger partial charge is 0.0654 e. The highest BCUT2D eigenvalue weighted by atomic mass is 14.7. The molecule has 184 valence electrons. The van der Waals surface area contributed by atoms with E-state index in [9.17, 15) is 0 Å². The van der Waals surface area contributed by atoms with Crippen molar-refractivity contribution in [2.45, 2.75) is 139 Å². The molecule has 5 aliphatic carbocycles. The predicted molar refractivity (Wildman–Crippen MR) is 139 cm³/mol. The van der Waals surface area contributed by atoms with E-state index in [0.29, 0.717) is 27.1 Å². The molecule has 0 aromatic heterocycles. The Balaban J connectivity index is 1.48. The SMILES string of the molecule is CCC[C@H](C)[C@@H]1CC[C@@]2(C)[C@@H]1CC[C@]1(C)[C@@H]2CC[C@@H]2[C@@]3(C)CCCC(C)(C)[C@@H]3CC[C@]21C. The van der Waals surface area contributed by atoms with Gasteiger partial charge in [-0.15, -0.1) is 0 Å². The second-order valence-corrected chi connectivity index (χ2v) is 15.6.